The number of nitrogens with zero attached hydrogens (tertiary/aromatic N) is 3. The van der Waals surface area contributed by atoms with Crippen LogP contribution in [0.25, 0.3) is 0 Å². The number of hydrogen-bond donors (Lipinski definition) is 0. The Labute approximate surface area is 81.2 Å². The van der Waals surface area contributed by atoms with Crippen molar-refractivity contribution in [2.24, 2.45) is 0 Å². The summed E-state index contributed by atoms with van der Waals surface area (Å²) in [6.45, 7) is 1.85. The number of carbonyl (C=O) groups excluding carboxylic acids is 1. The summed E-state index contributed by atoms with van der Waals surface area (Å²) < 4.78 is 1.27. The molecule has 2 rings (SSSR count). The molecule has 4 heteroatoms. The van der Waals surface area contributed by atoms with Gasteiger partial charge in [0.2, 0.25) is 0 Å². The first kappa shape index (κ1) is 8.62. The van der Waals surface area contributed by atoms with Crippen LogP contribution in [0.3, 0.4) is 0 Å². The van der Waals surface area contributed by atoms with E-state index >= 15 is 0 Å². The summed E-state index contributed by atoms with van der Waals surface area (Å²) in [4.78, 5) is 15.8. The van der Waals surface area contributed by atoms with E-state index in [1.807, 2.05) is 13.0 Å². The molecule has 2 aromatic rings. The highest BCUT2D eigenvalue weighted by molar-refractivity contribution is 5.93. The topological polar surface area (TPSA) is 47.8 Å². The SMILES string of the molecule is Cc1cccc(C(=O)n2cccn2)n1. The van der Waals surface area contributed by atoms with Crippen LogP contribution < -0.4 is 0 Å². The maximum absolute atomic E-state index is 11.7. The molecule has 0 aromatic carbocycles. The van der Waals surface area contributed by atoms with Crippen molar-refractivity contribution in [2.45, 2.75) is 6.92 Å². The first-order chi connectivity index (χ1) is 6.77. The van der Waals surface area contributed by atoms with Gasteiger partial charge in [-0.1, -0.05) is 6.07 Å². The highest BCUT2D eigenvalue weighted by atomic mass is 16.2. The molecule has 0 radical (unpaired) electrons. The Morgan fingerprint density at radius 3 is 2.86 bits per heavy atom. The molecule has 0 amide bonds. The molecule has 0 aliphatic carbocycles. The third-order valence-electron chi connectivity index (χ3n) is 1.82. The molecule has 0 atom stereocenters. The van der Waals surface area contributed by atoms with Crippen molar-refractivity contribution in [2.75, 3.05) is 0 Å². The lowest BCUT2D eigenvalue weighted by molar-refractivity contribution is 0.0940. The maximum Gasteiger partial charge on any atom is 0.296 e. The molecule has 0 aliphatic rings. The summed E-state index contributed by atoms with van der Waals surface area (Å²) in [5.41, 5.74) is 1.23. The van der Waals surface area contributed by atoms with E-state index in [-0.39, 0.29) is 5.91 Å². The smallest absolute Gasteiger partial charge is 0.265 e. The lowest BCUT2D eigenvalue weighted by Crippen LogP contribution is -2.14. The molecule has 4 nitrogen and oxygen atoms in total. The summed E-state index contributed by atoms with van der Waals surface area (Å²) in [5.74, 6) is -0.210. The van der Waals surface area contributed by atoms with Gasteiger partial charge in [-0.05, 0) is 25.1 Å². The molecule has 0 spiro atoms. The highest BCUT2D eigenvalue weighted by Crippen LogP contribution is 2.00. The normalized spacial score (nSPS) is 10.1. The van der Waals surface area contributed by atoms with Gasteiger partial charge in [0, 0.05) is 18.1 Å². The number of aryl methyl sites for hydroxylation is 1. The third-order valence-corrected chi connectivity index (χ3v) is 1.82. The van der Waals surface area contributed by atoms with Gasteiger partial charge in [-0.25, -0.2) is 9.67 Å². The van der Waals surface area contributed by atoms with Gasteiger partial charge >= 0.3 is 0 Å². The summed E-state index contributed by atoms with van der Waals surface area (Å²) in [6.07, 6.45) is 3.17. The Morgan fingerprint density at radius 1 is 1.36 bits per heavy atom. The second-order valence-electron chi connectivity index (χ2n) is 2.92. The Bertz CT molecular complexity index is 448. The summed E-state index contributed by atoms with van der Waals surface area (Å²) in [6, 6.07) is 7.03. The standard InChI is InChI=1S/C10H9N3O/c1-8-4-2-5-9(12-8)10(14)13-7-3-6-11-13/h2-7H,1H3. The van der Waals surface area contributed by atoms with Crippen molar-refractivity contribution in [1.29, 1.82) is 0 Å². The fourth-order valence-corrected chi connectivity index (χ4v) is 1.17. The van der Waals surface area contributed by atoms with Gasteiger partial charge in [0.25, 0.3) is 5.91 Å². The van der Waals surface area contributed by atoms with Crippen LogP contribution in [0.1, 0.15) is 16.2 Å². The molecule has 70 valence electrons. The van der Waals surface area contributed by atoms with Gasteiger partial charge in [0.1, 0.15) is 5.69 Å². The van der Waals surface area contributed by atoms with Crippen LogP contribution in [0.2, 0.25) is 0 Å². The zero-order valence-electron chi connectivity index (χ0n) is 7.71. The van der Waals surface area contributed by atoms with E-state index in [9.17, 15) is 4.79 Å². The molecule has 0 fully saturated rings. The van der Waals surface area contributed by atoms with E-state index in [1.54, 1.807) is 30.6 Å². The molecule has 0 bridgehead atoms. The van der Waals surface area contributed by atoms with Gasteiger partial charge in [0.05, 0.1) is 0 Å². The Hall–Kier alpha value is -1.97. The number of aromatic nitrogens is 3. The predicted molar refractivity (Wildman–Crippen MR) is 50.9 cm³/mol. The fourth-order valence-electron chi connectivity index (χ4n) is 1.17. The quantitative estimate of drug-likeness (QED) is 0.675. The van der Waals surface area contributed by atoms with Crippen LogP contribution in [-0.2, 0) is 0 Å². The van der Waals surface area contributed by atoms with Gasteiger partial charge in [-0.3, -0.25) is 4.79 Å². The molecular weight excluding hydrogens is 178 g/mol. The van der Waals surface area contributed by atoms with E-state index in [0.717, 1.165) is 5.69 Å². The van der Waals surface area contributed by atoms with Gasteiger partial charge in [-0.2, -0.15) is 5.10 Å². The van der Waals surface area contributed by atoms with Crippen LogP contribution >= 0.6 is 0 Å². The highest BCUT2D eigenvalue weighted by Gasteiger charge is 2.08. The van der Waals surface area contributed by atoms with Gasteiger partial charge in [0.15, 0.2) is 0 Å². The average molecular weight is 187 g/mol. The summed E-state index contributed by atoms with van der Waals surface area (Å²) in [7, 11) is 0. The molecule has 14 heavy (non-hydrogen) atoms. The largest absolute Gasteiger partial charge is 0.296 e. The van der Waals surface area contributed by atoms with Crippen molar-refractivity contribution in [3.63, 3.8) is 0 Å². The second kappa shape index (κ2) is 3.41. The van der Waals surface area contributed by atoms with E-state index in [1.165, 1.54) is 4.68 Å². The van der Waals surface area contributed by atoms with Crippen molar-refractivity contribution in [1.82, 2.24) is 14.8 Å². The average Bonchev–Trinajstić information content (AvgIpc) is 2.69. The monoisotopic (exact) mass is 187 g/mol. The number of rotatable bonds is 1. The molecule has 2 heterocycles. The first-order valence-corrected chi connectivity index (χ1v) is 4.25. The Balaban J connectivity index is 2.37. The lowest BCUT2D eigenvalue weighted by atomic mass is 10.3. The van der Waals surface area contributed by atoms with Gasteiger partial charge in [-0.15, -0.1) is 0 Å². The van der Waals surface area contributed by atoms with Crippen LogP contribution in [-0.4, -0.2) is 20.7 Å². The zero-order valence-corrected chi connectivity index (χ0v) is 7.71. The Kier molecular flexibility index (Phi) is 2.10. The zero-order chi connectivity index (χ0) is 9.97. The predicted octanol–water partition coefficient (Wildman–Crippen LogP) is 1.28. The minimum absolute atomic E-state index is 0.210. The number of carbonyl (C=O) groups is 1. The molecule has 0 saturated carbocycles. The molecule has 2 aromatic heterocycles. The molecule has 0 saturated heterocycles. The van der Waals surface area contributed by atoms with Crippen molar-refractivity contribution >= 4 is 5.91 Å². The molecule has 0 aliphatic heterocycles. The second-order valence-corrected chi connectivity index (χ2v) is 2.92. The van der Waals surface area contributed by atoms with Crippen LogP contribution in [0.15, 0.2) is 36.7 Å². The minimum atomic E-state index is -0.210. The van der Waals surface area contributed by atoms with E-state index in [2.05, 4.69) is 10.1 Å². The van der Waals surface area contributed by atoms with E-state index < -0.39 is 0 Å². The summed E-state index contributed by atoms with van der Waals surface area (Å²) >= 11 is 0. The molecule has 0 N–H and O–H groups in total. The third kappa shape index (κ3) is 1.54. The number of pyridine rings is 1. The van der Waals surface area contributed by atoms with Crippen molar-refractivity contribution < 1.29 is 4.79 Å². The van der Waals surface area contributed by atoms with Gasteiger partial charge < -0.3 is 0 Å². The van der Waals surface area contributed by atoms with Crippen LogP contribution in [0.5, 0.6) is 0 Å². The summed E-state index contributed by atoms with van der Waals surface area (Å²) in [5, 5.41) is 3.85. The van der Waals surface area contributed by atoms with Crippen molar-refractivity contribution in [3.05, 3.63) is 48.0 Å². The molecular formula is C10H9N3O. The van der Waals surface area contributed by atoms with E-state index in [0.29, 0.717) is 5.69 Å². The van der Waals surface area contributed by atoms with E-state index in [4.69, 9.17) is 0 Å². The van der Waals surface area contributed by atoms with Crippen LogP contribution in [0, 0.1) is 6.92 Å². The maximum atomic E-state index is 11.7. The first-order valence-electron chi connectivity index (χ1n) is 4.25. The molecule has 0 unspecified atom stereocenters. The number of hydrogen-bond acceptors (Lipinski definition) is 3. The van der Waals surface area contributed by atoms with Crippen molar-refractivity contribution in [3.8, 4) is 0 Å². The lowest BCUT2D eigenvalue weighted by Gasteiger charge is -1.99. The van der Waals surface area contributed by atoms with Crippen LogP contribution in [0.4, 0.5) is 0 Å². The Morgan fingerprint density at radius 2 is 2.21 bits per heavy atom. The fraction of sp³-hybridized carbons (Fsp3) is 0.100. The minimum Gasteiger partial charge on any atom is -0.265 e.